The number of nitrogens with zero attached hydrogens (tertiary/aromatic N) is 3. The van der Waals surface area contributed by atoms with Crippen LogP contribution in [0.1, 0.15) is 5.56 Å². The molecule has 0 spiro atoms. The zero-order valence-corrected chi connectivity index (χ0v) is 15.6. The van der Waals surface area contributed by atoms with Crippen LogP contribution in [-0.4, -0.2) is 27.2 Å². The van der Waals surface area contributed by atoms with E-state index in [-0.39, 0.29) is 0 Å². The van der Waals surface area contributed by atoms with E-state index in [4.69, 9.17) is 0 Å². The molecule has 4 rings (SSSR count). The van der Waals surface area contributed by atoms with Gasteiger partial charge in [0, 0.05) is 34.4 Å². The molecule has 4 aromatic rings. The molecule has 3 heterocycles. The molecule has 4 nitrogen and oxygen atoms in total. The summed E-state index contributed by atoms with van der Waals surface area (Å²) in [5.41, 5.74) is 1.92. The summed E-state index contributed by atoms with van der Waals surface area (Å²) < 4.78 is 39.1. The molecule has 0 aliphatic heterocycles. The normalized spacial score (nSPS) is 11.7. The highest BCUT2D eigenvalue weighted by Gasteiger charge is 2.31. The molecule has 0 atom stereocenters. The summed E-state index contributed by atoms with van der Waals surface area (Å²) in [6.07, 6.45) is -0.410. The molecule has 0 radical (unpaired) electrons. The van der Waals surface area contributed by atoms with Crippen molar-refractivity contribution >= 4 is 35.5 Å². The second kappa shape index (κ2) is 7.31. The van der Waals surface area contributed by atoms with Crippen LogP contribution in [0.5, 0.6) is 0 Å². The van der Waals surface area contributed by atoms with Crippen LogP contribution in [0, 0.1) is 0 Å². The van der Waals surface area contributed by atoms with Crippen molar-refractivity contribution in [2.24, 2.45) is 0 Å². The zero-order valence-electron chi connectivity index (χ0n) is 14.8. The molecule has 1 N–H and O–H groups in total. The molecule has 9 heteroatoms. The lowest BCUT2D eigenvalue weighted by atomic mass is 9.74. The highest BCUT2D eigenvalue weighted by atomic mass is 32.2. The number of aromatic amines is 1. The highest BCUT2D eigenvalue weighted by Crippen LogP contribution is 2.34. The first-order valence-corrected chi connectivity index (χ1v) is 9.40. The van der Waals surface area contributed by atoms with Crippen LogP contribution in [0.4, 0.5) is 13.2 Å². The van der Waals surface area contributed by atoms with Gasteiger partial charge in [-0.25, -0.2) is 15.0 Å². The molecular weight excluding hydrogens is 384 g/mol. The summed E-state index contributed by atoms with van der Waals surface area (Å²) in [5.74, 6) is 0. The van der Waals surface area contributed by atoms with Crippen LogP contribution in [-0.2, 0) is 6.18 Å². The zero-order chi connectivity index (χ0) is 19.7. The summed E-state index contributed by atoms with van der Waals surface area (Å²) in [4.78, 5) is 16.6. The smallest absolute Gasteiger partial charge is 0.345 e. The molecular formula is C19H14BF3N4S. The minimum absolute atomic E-state index is 0.372. The van der Waals surface area contributed by atoms with Gasteiger partial charge in [-0.05, 0) is 36.0 Å². The molecule has 0 fully saturated rings. The highest BCUT2D eigenvalue weighted by molar-refractivity contribution is 7.99. The van der Waals surface area contributed by atoms with Crippen LogP contribution in [0.15, 0.2) is 65.0 Å². The van der Waals surface area contributed by atoms with Crippen LogP contribution < -0.4 is 5.46 Å². The minimum atomic E-state index is -4.45. The van der Waals surface area contributed by atoms with E-state index < -0.39 is 11.7 Å². The van der Waals surface area contributed by atoms with Gasteiger partial charge in [-0.1, -0.05) is 24.4 Å². The van der Waals surface area contributed by atoms with E-state index in [0.29, 0.717) is 27.4 Å². The van der Waals surface area contributed by atoms with Crippen molar-refractivity contribution in [2.45, 2.75) is 23.1 Å². The van der Waals surface area contributed by atoms with Crippen molar-refractivity contribution < 1.29 is 13.2 Å². The Kier molecular flexibility index (Phi) is 4.84. The fraction of sp³-hybridized carbons (Fsp3) is 0.105. The van der Waals surface area contributed by atoms with E-state index in [9.17, 15) is 13.2 Å². The molecule has 0 amide bonds. The minimum Gasteiger partial charge on any atom is -0.345 e. The van der Waals surface area contributed by atoms with Gasteiger partial charge >= 0.3 is 6.18 Å². The quantitative estimate of drug-likeness (QED) is 0.412. The molecule has 0 aliphatic rings. The number of pyridine rings is 1. The number of alkyl halides is 3. The van der Waals surface area contributed by atoms with Gasteiger partial charge in [-0.2, -0.15) is 13.2 Å². The Balaban J connectivity index is 1.69. The summed E-state index contributed by atoms with van der Waals surface area (Å²) in [5, 5.41) is 0.896. The Morgan fingerprint density at radius 2 is 1.86 bits per heavy atom. The topological polar surface area (TPSA) is 54.5 Å². The summed E-state index contributed by atoms with van der Waals surface area (Å²) in [6.45, 7) is 2.09. The largest absolute Gasteiger partial charge is 0.417 e. The van der Waals surface area contributed by atoms with E-state index in [0.717, 1.165) is 24.4 Å². The summed E-state index contributed by atoms with van der Waals surface area (Å²) in [6, 6.07) is 10.9. The second-order valence-corrected chi connectivity index (χ2v) is 7.18. The summed E-state index contributed by atoms with van der Waals surface area (Å²) >= 11 is 1.40. The van der Waals surface area contributed by atoms with Crippen LogP contribution in [0.2, 0.25) is 6.82 Å². The number of hydrogen-bond acceptors (Lipinski definition) is 4. The van der Waals surface area contributed by atoms with Gasteiger partial charge in [-0.3, -0.25) is 0 Å². The Labute approximate surface area is 163 Å². The van der Waals surface area contributed by atoms with E-state index in [1.165, 1.54) is 17.2 Å². The Morgan fingerprint density at radius 1 is 1.07 bits per heavy atom. The van der Waals surface area contributed by atoms with Crippen molar-refractivity contribution in [1.29, 1.82) is 0 Å². The van der Waals surface area contributed by atoms with Gasteiger partial charge < -0.3 is 4.98 Å². The molecule has 3 aromatic heterocycles. The number of H-pyrrole nitrogens is 1. The fourth-order valence-electron chi connectivity index (χ4n) is 2.81. The Morgan fingerprint density at radius 3 is 2.57 bits per heavy atom. The van der Waals surface area contributed by atoms with Gasteiger partial charge in [0.05, 0.1) is 11.3 Å². The van der Waals surface area contributed by atoms with Crippen LogP contribution in [0.3, 0.4) is 0 Å². The SMILES string of the molecule is CBc1ccc(Sc2nccc(-c3c[nH]c4ncc(C(F)(F)F)cc34)n2)cc1. The molecule has 140 valence electrons. The number of fused-ring (bicyclic) bond motifs is 1. The standard InChI is InChI=1S/C19H14BF3N4S/c1-20-12-2-4-13(5-3-12)28-18-24-7-6-16(27-18)15-10-26-17-14(15)8-11(9-25-17)19(21,22)23/h2-10,20H,1H3,(H,25,26). The molecule has 28 heavy (non-hydrogen) atoms. The lowest BCUT2D eigenvalue weighted by Gasteiger charge is -2.07. The maximum absolute atomic E-state index is 13.0. The first-order chi connectivity index (χ1) is 13.4. The average Bonchev–Trinajstić information content (AvgIpc) is 3.11. The second-order valence-electron chi connectivity index (χ2n) is 6.14. The lowest BCUT2D eigenvalue weighted by molar-refractivity contribution is -0.137. The fourth-order valence-corrected chi connectivity index (χ4v) is 3.55. The molecule has 0 unspecified atom stereocenters. The third kappa shape index (κ3) is 3.75. The van der Waals surface area contributed by atoms with E-state index in [2.05, 4.69) is 38.9 Å². The number of hydrogen-bond donors (Lipinski definition) is 1. The molecule has 0 saturated heterocycles. The third-order valence-electron chi connectivity index (χ3n) is 4.31. The molecule has 0 aliphatic carbocycles. The van der Waals surface area contributed by atoms with E-state index in [1.54, 1.807) is 18.5 Å². The first-order valence-electron chi connectivity index (χ1n) is 8.58. The summed E-state index contributed by atoms with van der Waals surface area (Å²) in [7, 11) is 0.964. The van der Waals surface area contributed by atoms with Gasteiger partial charge in [0.1, 0.15) is 5.65 Å². The van der Waals surface area contributed by atoms with Gasteiger partial charge in [0.15, 0.2) is 12.4 Å². The van der Waals surface area contributed by atoms with Gasteiger partial charge in [0.2, 0.25) is 0 Å². The number of aromatic nitrogens is 4. The third-order valence-corrected chi connectivity index (χ3v) is 5.20. The van der Waals surface area contributed by atoms with Crippen molar-refractivity contribution in [3.63, 3.8) is 0 Å². The molecule has 0 saturated carbocycles. The number of rotatable bonds is 4. The van der Waals surface area contributed by atoms with Crippen molar-refractivity contribution in [3.8, 4) is 11.3 Å². The molecule has 1 aromatic carbocycles. The average molecular weight is 398 g/mol. The maximum Gasteiger partial charge on any atom is 0.417 e. The first kappa shape index (κ1) is 18.6. The van der Waals surface area contributed by atoms with Gasteiger partial charge in [-0.15, -0.1) is 0 Å². The van der Waals surface area contributed by atoms with E-state index >= 15 is 0 Å². The Hall–Kier alpha value is -2.81. The van der Waals surface area contributed by atoms with Crippen molar-refractivity contribution in [3.05, 3.63) is 60.6 Å². The predicted octanol–water partition coefficient (Wildman–Crippen LogP) is 4.30. The monoisotopic (exact) mass is 398 g/mol. The maximum atomic E-state index is 13.0. The number of benzene rings is 1. The Bertz CT molecular complexity index is 1130. The predicted molar refractivity (Wildman–Crippen MR) is 105 cm³/mol. The van der Waals surface area contributed by atoms with E-state index in [1.807, 2.05) is 12.1 Å². The van der Waals surface area contributed by atoms with Crippen LogP contribution in [0.25, 0.3) is 22.3 Å². The number of nitrogens with one attached hydrogen (secondary N) is 1. The van der Waals surface area contributed by atoms with Crippen molar-refractivity contribution in [2.75, 3.05) is 0 Å². The van der Waals surface area contributed by atoms with Gasteiger partial charge in [0.25, 0.3) is 0 Å². The van der Waals surface area contributed by atoms with Crippen molar-refractivity contribution in [1.82, 2.24) is 19.9 Å². The van der Waals surface area contributed by atoms with Crippen LogP contribution >= 0.6 is 11.8 Å². The number of halogens is 3. The molecule has 0 bridgehead atoms. The lowest BCUT2D eigenvalue weighted by Crippen LogP contribution is -2.08.